The van der Waals surface area contributed by atoms with Crippen LogP contribution in [0.5, 0.6) is 0 Å². The maximum atomic E-state index is 12.3. The minimum atomic E-state index is -1.52. The van der Waals surface area contributed by atoms with Gasteiger partial charge in [-0.25, -0.2) is 0 Å². The van der Waals surface area contributed by atoms with Crippen LogP contribution in [0.25, 0.3) is 0 Å². The molecule has 1 saturated heterocycles. The highest BCUT2D eigenvalue weighted by atomic mass is 16.7. The highest BCUT2D eigenvalue weighted by Gasteiger charge is 2.44. The Morgan fingerprint density at radius 2 is 1.32 bits per heavy atom. The van der Waals surface area contributed by atoms with Crippen molar-refractivity contribution in [3.05, 3.63) is 0 Å². The van der Waals surface area contributed by atoms with Crippen LogP contribution in [-0.4, -0.2) is 89.6 Å². The molecule has 0 bridgehead atoms. The predicted molar refractivity (Wildman–Crippen MR) is 141 cm³/mol. The van der Waals surface area contributed by atoms with Crippen LogP contribution in [0.4, 0.5) is 0 Å². The third kappa shape index (κ3) is 15.4. The van der Waals surface area contributed by atoms with Crippen molar-refractivity contribution >= 4 is 5.97 Å². The van der Waals surface area contributed by atoms with Crippen LogP contribution in [0.1, 0.15) is 110 Å². The molecule has 9 heteroatoms. The monoisotopic (exact) mass is 534 g/mol. The molecule has 0 aromatic heterocycles. The first kappa shape index (κ1) is 34.2. The fraction of sp³-hybridized carbons (Fsp3) is 0.964. The minimum Gasteiger partial charge on any atom is -0.457 e. The summed E-state index contributed by atoms with van der Waals surface area (Å²) in [4.78, 5) is 12.3. The third-order valence-electron chi connectivity index (χ3n) is 6.77. The van der Waals surface area contributed by atoms with Gasteiger partial charge in [-0.3, -0.25) is 4.79 Å². The molecule has 6 unspecified atom stereocenters. The second-order valence-corrected chi connectivity index (χ2v) is 10.2. The Hall–Kier alpha value is -0.810. The standard InChI is InChI=1S/C28H54O9/c1-3-5-7-9-10-11-12-13-14-16-18-34-20-22(36-24(30)17-15-8-6-4-2)21-35-28-27(33)26(32)25(31)23(19-29)37-28/h22-23,25-29,31-33H,3-21H2,1-2H3. The summed E-state index contributed by atoms with van der Waals surface area (Å²) >= 11 is 0. The lowest BCUT2D eigenvalue weighted by molar-refractivity contribution is -0.305. The quantitative estimate of drug-likeness (QED) is 0.114. The molecular formula is C28H54O9. The summed E-state index contributed by atoms with van der Waals surface area (Å²) in [5.74, 6) is -0.332. The van der Waals surface area contributed by atoms with E-state index in [1.54, 1.807) is 0 Å². The van der Waals surface area contributed by atoms with Crippen LogP contribution in [0, 0.1) is 0 Å². The summed E-state index contributed by atoms with van der Waals surface area (Å²) in [6.07, 6.45) is 9.02. The second kappa shape index (κ2) is 22.1. The van der Waals surface area contributed by atoms with E-state index < -0.39 is 43.4 Å². The second-order valence-electron chi connectivity index (χ2n) is 10.2. The number of unbranched alkanes of at least 4 members (excludes halogenated alkanes) is 12. The molecule has 0 aliphatic carbocycles. The Balaban J connectivity index is 2.38. The predicted octanol–water partition coefficient (Wildman–Crippen LogP) is 3.62. The van der Waals surface area contributed by atoms with E-state index in [0.717, 1.165) is 38.5 Å². The van der Waals surface area contributed by atoms with Crippen molar-refractivity contribution in [2.24, 2.45) is 0 Å². The highest BCUT2D eigenvalue weighted by molar-refractivity contribution is 5.69. The molecule has 6 atom stereocenters. The number of hydrogen-bond donors (Lipinski definition) is 4. The zero-order chi connectivity index (χ0) is 27.3. The zero-order valence-corrected chi connectivity index (χ0v) is 23.2. The van der Waals surface area contributed by atoms with Crippen molar-refractivity contribution in [3.8, 4) is 0 Å². The van der Waals surface area contributed by atoms with E-state index in [1.807, 2.05) is 0 Å². The Bertz CT molecular complexity index is 546. The lowest BCUT2D eigenvalue weighted by Gasteiger charge is -2.39. The molecule has 0 aromatic carbocycles. The van der Waals surface area contributed by atoms with Crippen molar-refractivity contribution in [2.45, 2.75) is 147 Å². The summed E-state index contributed by atoms with van der Waals surface area (Å²) < 4.78 is 22.3. The third-order valence-corrected chi connectivity index (χ3v) is 6.77. The Labute approximate surface area is 223 Å². The van der Waals surface area contributed by atoms with E-state index >= 15 is 0 Å². The summed E-state index contributed by atoms with van der Waals surface area (Å²) in [7, 11) is 0. The van der Waals surface area contributed by atoms with E-state index in [4.69, 9.17) is 18.9 Å². The van der Waals surface area contributed by atoms with Crippen molar-refractivity contribution in [1.82, 2.24) is 0 Å². The van der Waals surface area contributed by atoms with Gasteiger partial charge in [0.05, 0.1) is 19.8 Å². The average Bonchev–Trinajstić information content (AvgIpc) is 2.89. The molecule has 4 N–H and O–H groups in total. The average molecular weight is 535 g/mol. The number of hydrogen-bond acceptors (Lipinski definition) is 9. The number of carbonyl (C=O) groups excluding carboxylic acids is 1. The fourth-order valence-electron chi connectivity index (χ4n) is 4.37. The SMILES string of the molecule is CCCCCCCCCCCCOCC(COC1OC(CO)C(O)C(O)C1O)OC(=O)CCCCCC. The molecule has 0 saturated carbocycles. The topological polar surface area (TPSA) is 135 Å². The zero-order valence-electron chi connectivity index (χ0n) is 23.2. The Morgan fingerprint density at radius 1 is 0.757 bits per heavy atom. The molecule has 1 rings (SSSR count). The number of esters is 1. The molecule has 220 valence electrons. The van der Waals surface area contributed by atoms with Gasteiger partial charge in [-0.2, -0.15) is 0 Å². The molecule has 1 fully saturated rings. The van der Waals surface area contributed by atoms with Gasteiger partial charge < -0.3 is 39.4 Å². The Kier molecular flexibility index (Phi) is 20.4. The largest absolute Gasteiger partial charge is 0.457 e. The smallest absolute Gasteiger partial charge is 0.306 e. The molecule has 0 aromatic rings. The first-order valence-corrected chi connectivity index (χ1v) is 14.6. The van der Waals surface area contributed by atoms with Crippen LogP contribution in [0.3, 0.4) is 0 Å². The van der Waals surface area contributed by atoms with Crippen molar-refractivity contribution in [3.63, 3.8) is 0 Å². The maximum absolute atomic E-state index is 12.3. The molecule has 0 amide bonds. The number of aliphatic hydroxyl groups is 4. The number of carbonyl (C=O) groups is 1. The van der Waals surface area contributed by atoms with Crippen LogP contribution in [0.2, 0.25) is 0 Å². The first-order chi connectivity index (χ1) is 17.9. The Morgan fingerprint density at radius 3 is 1.92 bits per heavy atom. The van der Waals surface area contributed by atoms with Crippen molar-refractivity contribution in [1.29, 1.82) is 0 Å². The molecule has 9 nitrogen and oxygen atoms in total. The van der Waals surface area contributed by atoms with Crippen molar-refractivity contribution in [2.75, 3.05) is 26.4 Å². The maximum Gasteiger partial charge on any atom is 0.306 e. The van der Waals surface area contributed by atoms with Gasteiger partial charge in [0, 0.05) is 13.0 Å². The van der Waals surface area contributed by atoms with Crippen molar-refractivity contribution < 1.29 is 44.2 Å². The number of aliphatic hydroxyl groups excluding tert-OH is 4. The van der Waals surface area contributed by atoms with E-state index in [1.165, 1.54) is 51.4 Å². The van der Waals surface area contributed by atoms with E-state index in [2.05, 4.69) is 13.8 Å². The van der Waals surface area contributed by atoms with Gasteiger partial charge in [0.1, 0.15) is 30.5 Å². The van der Waals surface area contributed by atoms with Gasteiger partial charge in [0.2, 0.25) is 0 Å². The highest BCUT2D eigenvalue weighted by Crippen LogP contribution is 2.22. The summed E-state index contributed by atoms with van der Waals surface area (Å²) in [6, 6.07) is 0. The van der Waals surface area contributed by atoms with Crippen LogP contribution in [-0.2, 0) is 23.7 Å². The van der Waals surface area contributed by atoms with Gasteiger partial charge in [-0.1, -0.05) is 90.9 Å². The molecule has 1 aliphatic rings. The van der Waals surface area contributed by atoms with Crippen LogP contribution in [0.15, 0.2) is 0 Å². The van der Waals surface area contributed by atoms with Gasteiger partial charge in [0.25, 0.3) is 0 Å². The van der Waals surface area contributed by atoms with E-state index in [9.17, 15) is 25.2 Å². The molecule has 0 spiro atoms. The number of rotatable bonds is 23. The molecule has 0 radical (unpaired) electrons. The summed E-state index contributed by atoms with van der Waals surface area (Å²) in [5, 5.41) is 39.4. The molecule has 37 heavy (non-hydrogen) atoms. The lowest BCUT2D eigenvalue weighted by atomic mass is 9.99. The van der Waals surface area contributed by atoms with Gasteiger partial charge in [-0.05, 0) is 12.8 Å². The normalized spacial score (nSPS) is 24.8. The van der Waals surface area contributed by atoms with Crippen LogP contribution < -0.4 is 0 Å². The lowest BCUT2D eigenvalue weighted by Crippen LogP contribution is -2.59. The summed E-state index contributed by atoms with van der Waals surface area (Å²) in [6.45, 7) is 4.40. The van der Waals surface area contributed by atoms with E-state index in [-0.39, 0.29) is 19.2 Å². The van der Waals surface area contributed by atoms with Gasteiger partial charge >= 0.3 is 5.97 Å². The minimum absolute atomic E-state index is 0.110. The fourth-order valence-corrected chi connectivity index (χ4v) is 4.37. The number of ether oxygens (including phenoxy) is 4. The van der Waals surface area contributed by atoms with Gasteiger partial charge in [0.15, 0.2) is 6.29 Å². The van der Waals surface area contributed by atoms with E-state index in [0.29, 0.717) is 13.0 Å². The molecule has 1 heterocycles. The summed E-state index contributed by atoms with van der Waals surface area (Å²) in [5.41, 5.74) is 0. The van der Waals surface area contributed by atoms with Crippen LogP contribution >= 0.6 is 0 Å². The van der Waals surface area contributed by atoms with Gasteiger partial charge in [-0.15, -0.1) is 0 Å². The first-order valence-electron chi connectivity index (χ1n) is 14.6. The molecular weight excluding hydrogens is 480 g/mol. The molecule has 1 aliphatic heterocycles.